The predicted octanol–water partition coefficient (Wildman–Crippen LogP) is 4.07. The van der Waals surface area contributed by atoms with Crippen molar-refractivity contribution >= 4 is 29.2 Å². The zero-order valence-corrected chi connectivity index (χ0v) is 13.8. The SMILES string of the molecule is CCNC(CSc1ccc(Cl)cc1)c1cc(C)cnc1N. The molecule has 0 saturated carbocycles. The first-order chi connectivity index (χ1) is 10.1. The van der Waals surface area contributed by atoms with Gasteiger partial charge in [-0.15, -0.1) is 11.8 Å². The highest BCUT2D eigenvalue weighted by Crippen LogP contribution is 2.28. The van der Waals surface area contributed by atoms with Crippen LogP contribution in [0.3, 0.4) is 0 Å². The molecule has 2 aromatic rings. The van der Waals surface area contributed by atoms with Crippen molar-refractivity contribution < 1.29 is 0 Å². The zero-order chi connectivity index (χ0) is 15.2. The largest absolute Gasteiger partial charge is 0.383 e. The van der Waals surface area contributed by atoms with E-state index < -0.39 is 0 Å². The summed E-state index contributed by atoms with van der Waals surface area (Å²) in [6.45, 7) is 5.02. The van der Waals surface area contributed by atoms with E-state index in [1.807, 2.05) is 31.2 Å². The van der Waals surface area contributed by atoms with Crippen LogP contribution in [0.2, 0.25) is 5.02 Å². The number of aryl methyl sites for hydroxylation is 1. The molecular weight excluding hydrogens is 302 g/mol. The van der Waals surface area contributed by atoms with Crippen LogP contribution in [0.15, 0.2) is 41.4 Å². The summed E-state index contributed by atoms with van der Waals surface area (Å²) in [6, 6.07) is 10.2. The van der Waals surface area contributed by atoms with Crippen molar-refractivity contribution in [1.29, 1.82) is 0 Å². The molecule has 2 rings (SSSR count). The normalized spacial score (nSPS) is 12.3. The molecule has 0 spiro atoms. The number of hydrogen-bond acceptors (Lipinski definition) is 4. The molecule has 0 aliphatic rings. The van der Waals surface area contributed by atoms with E-state index in [1.54, 1.807) is 18.0 Å². The molecular formula is C16H20ClN3S. The molecule has 3 nitrogen and oxygen atoms in total. The molecule has 0 aliphatic carbocycles. The van der Waals surface area contributed by atoms with E-state index >= 15 is 0 Å². The smallest absolute Gasteiger partial charge is 0.128 e. The molecule has 1 aromatic carbocycles. The number of nitrogens with two attached hydrogens (primary N) is 1. The molecule has 3 N–H and O–H groups in total. The third-order valence-electron chi connectivity index (χ3n) is 3.14. The third kappa shape index (κ3) is 4.63. The third-order valence-corrected chi connectivity index (χ3v) is 4.50. The zero-order valence-electron chi connectivity index (χ0n) is 12.3. The number of nitrogen functional groups attached to an aromatic ring is 1. The van der Waals surface area contributed by atoms with E-state index in [0.717, 1.165) is 28.4 Å². The molecule has 21 heavy (non-hydrogen) atoms. The Kier molecular flexibility index (Phi) is 5.91. The van der Waals surface area contributed by atoms with Crippen LogP contribution in [-0.2, 0) is 0 Å². The van der Waals surface area contributed by atoms with Crippen molar-refractivity contribution in [3.63, 3.8) is 0 Å². The highest BCUT2D eigenvalue weighted by Gasteiger charge is 2.15. The molecule has 5 heteroatoms. The second-order valence-corrected chi connectivity index (χ2v) is 6.39. The highest BCUT2D eigenvalue weighted by atomic mass is 35.5. The van der Waals surface area contributed by atoms with Crippen molar-refractivity contribution in [2.24, 2.45) is 0 Å². The summed E-state index contributed by atoms with van der Waals surface area (Å²) in [5.74, 6) is 1.49. The predicted molar refractivity (Wildman–Crippen MR) is 92.0 cm³/mol. The fourth-order valence-corrected chi connectivity index (χ4v) is 3.21. The van der Waals surface area contributed by atoms with Gasteiger partial charge in [0.15, 0.2) is 0 Å². The summed E-state index contributed by atoms with van der Waals surface area (Å²) >= 11 is 7.69. The quantitative estimate of drug-likeness (QED) is 0.787. The highest BCUT2D eigenvalue weighted by molar-refractivity contribution is 7.99. The molecule has 0 bridgehead atoms. The van der Waals surface area contributed by atoms with Gasteiger partial charge in [0.25, 0.3) is 0 Å². The Labute approximate surface area is 135 Å². The van der Waals surface area contributed by atoms with Gasteiger partial charge in [0.05, 0.1) is 0 Å². The van der Waals surface area contributed by atoms with Gasteiger partial charge in [0.1, 0.15) is 5.82 Å². The fraction of sp³-hybridized carbons (Fsp3) is 0.312. The molecule has 0 amide bonds. The number of anilines is 1. The summed E-state index contributed by atoms with van der Waals surface area (Å²) in [4.78, 5) is 5.46. The van der Waals surface area contributed by atoms with Gasteiger partial charge in [0.2, 0.25) is 0 Å². The summed E-state index contributed by atoms with van der Waals surface area (Å²) in [6.07, 6.45) is 1.80. The maximum atomic E-state index is 6.03. The Bertz CT molecular complexity index is 587. The number of rotatable bonds is 6. The van der Waals surface area contributed by atoms with Crippen LogP contribution in [-0.4, -0.2) is 17.3 Å². The van der Waals surface area contributed by atoms with E-state index in [9.17, 15) is 0 Å². The first kappa shape index (κ1) is 16.1. The fourth-order valence-electron chi connectivity index (χ4n) is 2.10. The van der Waals surface area contributed by atoms with Crippen LogP contribution in [0, 0.1) is 6.92 Å². The summed E-state index contributed by atoms with van der Waals surface area (Å²) < 4.78 is 0. The van der Waals surface area contributed by atoms with E-state index in [1.165, 1.54) is 4.90 Å². The van der Waals surface area contributed by atoms with Crippen LogP contribution in [0.5, 0.6) is 0 Å². The van der Waals surface area contributed by atoms with Crippen molar-refractivity contribution in [1.82, 2.24) is 10.3 Å². The maximum absolute atomic E-state index is 6.03. The lowest BCUT2D eigenvalue weighted by Crippen LogP contribution is -2.24. The first-order valence-corrected chi connectivity index (χ1v) is 8.30. The number of thioether (sulfide) groups is 1. The average Bonchev–Trinajstić information content (AvgIpc) is 2.48. The second kappa shape index (κ2) is 7.69. The van der Waals surface area contributed by atoms with Crippen LogP contribution >= 0.6 is 23.4 Å². The van der Waals surface area contributed by atoms with Gasteiger partial charge in [-0.25, -0.2) is 4.98 Å². The molecule has 0 radical (unpaired) electrons. The minimum absolute atomic E-state index is 0.183. The van der Waals surface area contributed by atoms with Gasteiger partial charge in [-0.2, -0.15) is 0 Å². The number of halogens is 1. The number of benzene rings is 1. The number of pyridine rings is 1. The van der Waals surface area contributed by atoms with E-state index in [0.29, 0.717) is 5.82 Å². The number of nitrogens with one attached hydrogen (secondary N) is 1. The average molecular weight is 322 g/mol. The maximum Gasteiger partial charge on any atom is 0.128 e. The van der Waals surface area contributed by atoms with Gasteiger partial charge < -0.3 is 11.1 Å². The first-order valence-electron chi connectivity index (χ1n) is 6.94. The van der Waals surface area contributed by atoms with Gasteiger partial charge >= 0.3 is 0 Å². The molecule has 0 saturated heterocycles. The molecule has 1 unspecified atom stereocenters. The van der Waals surface area contributed by atoms with Crippen molar-refractivity contribution in [3.8, 4) is 0 Å². The van der Waals surface area contributed by atoms with Gasteiger partial charge in [0, 0.05) is 33.5 Å². The van der Waals surface area contributed by atoms with Crippen molar-refractivity contribution in [2.45, 2.75) is 24.8 Å². The molecule has 0 aliphatic heterocycles. The van der Waals surface area contributed by atoms with E-state index in [-0.39, 0.29) is 6.04 Å². The summed E-state index contributed by atoms with van der Waals surface area (Å²) in [5.41, 5.74) is 8.22. The Morgan fingerprint density at radius 3 is 2.71 bits per heavy atom. The number of nitrogens with zero attached hydrogens (tertiary/aromatic N) is 1. The Hall–Kier alpha value is -1.23. The lowest BCUT2D eigenvalue weighted by molar-refractivity contribution is 0.605. The lowest BCUT2D eigenvalue weighted by Gasteiger charge is -2.19. The Balaban J connectivity index is 2.11. The van der Waals surface area contributed by atoms with E-state index in [2.05, 4.69) is 23.3 Å². The van der Waals surface area contributed by atoms with Crippen LogP contribution in [0.1, 0.15) is 24.1 Å². The molecule has 1 heterocycles. The lowest BCUT2D eigenvalue weighted by atomic mass is 10.1. The molecule has 0 fully saturated rings. The topological polar surface area (TPSA) is 50.9 Å². The van der Waals surface area contributed by atoms with Crippen LogP contribution < -0.4 is 11.1 Å². The van der Waals surface area contributed by atoms with Crippen LogP contribution in [0.25, 0.3) is 0 Å². The van der Waals surface area contributed by atoms with Gasteiger partial charge in [-0.1, -0.05) is 18.5 Å². The molecule has 1 atom stereocenters. The number of aromatic nitrogens is 1. The minimum atomic E-state index is 0.183. The van der Waals surface area contributed by atoms with Crippen molar-refractivity contribution in [2.75, 3.05) is 18.0 Å². The molecule has 1 aromatic heterocycles. The summed E-state index contributed by atoms with van der Waals surface area (Å²) in [5, 5.41) is 4.24. The summed E-state index contributed by atoms with van der Waals surface area (Å²) in [7, 11) is 0. The minimum Gasteiger partial charge on any atom is -0.383 e. The standard InChI is InChI=1S/C16H20ClN3S/c1-3-19-15(14-8-11(2)9-20-16(14)18)10-21-13-6-4-12(17)5-7-13/h4-9,15,19H,3,10H2,1-2H3,(H2,18,20). The van der Waals surface area contributed by atoms with Crippen molar-refractivity contribution in [3.05, 3.63) is 52.7 Å². The number of hydrogen-bond donors (Lipinski definition) is 2. The monoisotopic (exact) mass is 321 g/mol. The van der Waals surface area contributed by atoms with Gasteiger partial charge in [-0.3, -0.25) is 0 Å². The van der Waals surface area contributed by atoms with E-state index in [4.69, 9.17) is 17.3 Å². The van der Waals surface area contributed by atoms with Crippen LogP contribution in [0.4, 0.5) is 5.82 Å². The second-order valence-electron chi connectivity index (χ2n) is 4.86. The Morgan fingerprint density at radius 1 is 1.33 bits per heavy atom. The van der Waals surface area contributed by atoms with Gasteiger partial charge in [-0.05, 0) is 49.4 Å². The Morgan fingerprint density at radius 2 is 2.05 bits per heavy atom. The molecule has 112 valence electrons.